The fourth-order valence-electron chi connectivity index (χ4n) is 1.24. The molecule has 6 heteroatoms. The Morgan fingerprint density at radius 3 is 2.14 bits per heavy atom. The van der Waals surface area contributed by atoms with E-state index in [0.29, 0.717) is 6.42 Å². The molecule has 0 heterocycles. The molecule has 1 N–H and O–H groups in total. The molecule has 0 aromatic heterocycles. The Morgan fingerprint density at radius 2 is 1.86 bits per heavy atom. The Bertz CT molecular complexity index is 227. The topological polar surface area (TPSA) is 77.4 Å². The van der Waals surface area contributed by atoms with Crippen LogP contribution in [0.2, 0.25) is 0 Å². The first-order chi connectivity index (χ1) is 5.91. The first kappa shape index (κ1) is 17.3. The number of hydrogen-bond acceptors (Lipinski definition) is 4. The zero-order chi connectivity index (χ0) is 10.5. The van der Waals surface area contributed by atoms with Gasteiger partial charge < -0.3 is 9.66 Å². The monoisotopic (exact) mass is 232 g/mol. The van der Waals surface area contributed by atoms with Crippen LogP contribution in [-0.4, -0.2) is 29.4 Å². The molecule has 0 radical (unpaired) electrons. The predicted octanol–water partition coefficient (Wildman–Crippen LogP) is -2.13. The van der Waals surface area contributed by atoms with Gasteiger partial charge in [-0.05, 0) is 19.3 Å². The second-order valence-corrected chi connectivity index (χ2v) is 4.85. The van der Waals surface area contributed by atoms with Crippen molar-refractivity contribution in [2.75, 3.05) is 0 Å². The Balaban J connectivity index is 0. The van der Waals surface area contributed by atoms with Crippen LogP contribution in [0.25, 0.3) is 0 Å². The second kappa shape index (κ2) is 8.07. The summed E-state index contributed by atoms with van der Waals surface area (Å²) in [5.41, 5.74) is 0. The molecule has 0 aromatic rings. The minimum Gasteiger partial charge on any atom is -0.748 e. The zero-order valence-electron chi connectivity index (χ0n) is 9.06. The van der Waals surface area contributed by atoms with E-state index in [1.807, 2.05) is 6.92 Å². The summed E-state index contributed by atoms with van der Waals surface area (Å²) in [6, 6.07) is 0. The summed E-state index contributed by atoms with van der Waals surface area (Å²) in [5.74, 6) is 0. The van der Waals surface area contributed by atoms with Crippen LogP contribution in [0.3, 0.4) is 0 Å². The van der Waals surface area contributed by atoms with Crippen LogP contribution < -0.4 is 29.6 Å². The Kier molecular flexibility index (Phi) is 9.96. The molecule has 0 rings (SSSR count). The molecular weight excluding hydrogens is 215 g/mol. The molecular formula is C8H17NaO4S. The Hall–Kier alpha value is 0.870. The SMILES string of the molecule is CCCC(O)CC(CC)S(=O)(=O)[O-].[Na+]. The molecule has 2 unspecified atom stereocenters. The van der Waals surface area contributed by atoms with E-state index < -0.39 is 21.5 Å². The fourth-order valence-corrected chi connectivity index (χ4v) is 2.11. The number of aliphatic hydroxyl groups excluding tert-OH is 1. The van der Waals surface area contributed by atoms with Gasteiger partial charge in [0.1, 0.15) is 0 Å². The molecule has 0 amide bonds. The van der Waals surface area contributed by atoms with Crippen LogP contribution in [-0.2, 0) is 10.1 Å². The minimum atomic E-state index is -4.24. The van der Waals surface area contributed by atoms with Gasteiger partial charge >= 0.3 is 29.6 Å². The summed E-state index contributed by atoms with van der Waals surface area (Å²) < 4.78 is 31.9. The molecule has 0 saturated carbocycles. The van der Waals surface area contributed by atoms with Crippen molar-refractivity contribution in [2.45, 2.75) is 50.9 Å². The van der Waals surface area contributed by atoms with E-state index in [1.54, 1.807) is 6.92 Å². The standard InChI is InChI=1S/C8H18O4S.Na/c1-3-5-7(9)6-8(4-2)13(10,11)12;/h7-9H,3-6H2,1-2H3,(H,10,11,12);/q;+1/p-1. The average Bonchev–Trinajstić information content (AvgIpc) is 1.98. The summed E-state index contributed by atoms with van der Waals surface area (Å²) >= 11 is 0. The zero-order valence-corrected chi connectivity index (χ0v) is 11.9. The first-order valence-corrected chi connectivity index (χ1v) is 6.01. The van der Waals surface area contributed by atoms with Crippen molar-refractivity contribution in [3.05, 3.63) is 0 Å². The molecule has 0 saturated heterocycles. The molecule has 0 bridgehead atoms. The van der Waals surface area contributed by atoms with E-state index in [0.717, 1.165) is 6.42 Å². The van der Waals surface area contributed by atoms with Crippen molar-refractivity contribution in [3.8, 4) is 0 Å². The van der Waals surface area contributed by atoms with Crippen LogP contribution in [0.15, 0.2) is 0 Å². The molecule has 0 aliphatic rings. The minimum absolute atomic E-state index is 0. The predicted molar refractivity (Wildman–Crippen MR) is 49.3 cm³/mol. The van der Waals surface area contributed by atoms with E-state index in [1.165, 1.54) is 0 Å². The molecule has 80 valence electrons. The van der Waals surface area contributed by atoms with Crippen molar-refractivity contribution in [1.82, 2.24) is 0 Å². The largest absolute Gasteiger partial charge is 1.00 e. The van der Waals surface area contributed by atoms with Gasteiger partial charge in [0.2, 0.25) is 0 Å². The van der Waals surface area contributed by atoms with Crippen LogP contribution in [0, 0.1) is 0 Å². The molecule has 0 fully saturated rings. The Labute approximate surface area is 108 Å². The smallest absolute Gasteiger partial charge is 0.748 e. The average molecular weight is 232 g/mol. The summed E-state index contributed by atoms with van der Waals surface area (Å²) in [4.78, 5) is 0. The summed E-state index contributed by atoms with van der Waals surface area (Å²) in [7, 11) is -4.24. The number of aliphatic hydroxyl groups is 1. The molecule has 0 aromatic carbocycles. The first-order valence-electron chi connectivity index (χ1n) is 4.54. The van der Waals surface area contributed by atoms with E-state index >= 15 is 0 Å². The molecule has 2 atom stereocenters. The van der Waals surface area contributed by atoms with E-state index in [2.05, 4.69) is 0 Å². The third kappa shape index (κ3) is 7.20. The molecule has 14 heavy (non-hydrogen) atoms. The third-order valence-electron chi connectivity index (χ3n) is 2.02. The van der Waals surface area contributed by atoms with Gasteiger partial charge in [-0.2, -0.15) is 0 Å². The summed E-state index contributed by atoms with van der Waals surface area (Å²) in [5, 5.41) is 8.37. The van der Waals surface area contributed by atoms with Gasteiger partial charge in [-0.1, -0.05) is 20.3 Å². The number of hydrogen-bond donors (Lipinski definition) is 1. The van der Waals surface area contributed by atoms with Crippen molar-refractivity contribution < 1.29 is 47.6 Å². The van der Waals surface area contributed by atoms with Crippen LogP contribution in [0.1, 0.15) is 39.5 Å². The van der Waals surface area contributed by atoms with Crippen LogP contribution in [0.5, 0.6) is 0 Å². The quantitative estimate of drug-likeness (QED) is 0.419. The molecule has 4 nitrogen and oxygen atoms in total. The molecule has 0 aliphatic heterocycles. The van der Waals surface area contributed by atoms with Gasteiger partial charge in [0.05, 0.1) is 21.5 Å². The van der Waals surface area contributed by atoms with Crippen molar-refractivity contribution in [3.63, 3.8) is 0 Å². The summed E-state index contributed by atoms with van der Waals surface area (Å²) in [6.45, 7) is 3.54. The van der Waals surface area contributed by atoms with Crippen molar-refractivity contribution in [1.29, 1.82) is 0 Å². The fraction of sp³-hybridized carbons (Fsp3) is 1.00. The van der Waals surface area contributed by atoms with Gasteiger partial charge in [-0.25, -0.2) is 8.42 Å². The summed E-state index contributed by atoms with van der Waals surface area (Å²) in [6.07, 6.45) is 1.00. The van der Waals surface area contributed by atoms with Gasteiger partial charge in [0.15, 0.2) is 0 Å². The maximum atomic E-state index is 10.6. The van der Waals surface area contributed by atoms with Crippen molar-refractivity contribution >= 4 is 10.1 Å². The van der Waals surface area contributed by atoms with Gasteiger partial charge in [-0.3, -0.25) is 0 Å². The van der Waals surface area contributed by atoms with Gasteiger partial charge in [0, 0.05) is 0 Å². The third-order valence-corrected chi connectivity index (χ3v) is 3.36. The van der Waals surface area contributed by atoms with Gasteiger partial charge in [-0.15, -0.1) is 0 Å². The van der Waals surface area contributed by atoms with Gasteiger partial charge in [0.25, 0.3) is 0 Å². The molecule has 0 spiro atoms. The van der Waals surface area contributed by atoms with E-state index in [-0.39, 0.29) is 42.4 Å². The van der Waals surface area contributed by atoms with Crippen molar-refractivity contribution in [2.24, 2.45) is 0 Å². The second-order valence-electron chi connectivity index (χ2n) is 3.20. The Morgan fingerprint density at radius 1 is 1.36 bits per heavy atom. The van der Waals surface area contributed by atoms with E-state index in [9.17, 15) is 18.1 Å². The molecule has 0 aliphatic carbocycles. The normalized spacial score (nSPS) is 15.7. The van der Waals surface area contributed by atoms with Crippen LogP contribution in [0.4, 0.5) is 0 Å². The maximum Gasteiger partial charge on any atom is 1.00 e. The van der Waals surface area contributed by atoms with E-state index in [4.69, 9.17) is 0 Å². The van der Waals surface area contributed by atoms with Crippen LogP contribution >= 0.6 is 0 Å². The maximum absolute atomic E-state index is 10.6. The number of rotatable bonds is 6.